The van der Waals surface area contributed by atoms with E-state index in [-0.39, 0.29) is 16.1 Å². The number of fused-ring (bicyclic) bond motifs is 1. The molecule has 0 aliphatic carbocycles. The fourth-order valence-electron chi connectivity index (χ4n) is 1.38. The third-order valence-electron chi connectivity index (χ3n) is 2.00. The van der Waals surface area contributed by atoms with Crippen LogP contribution in [0.3, 0.4) is 0 Å². The number of halogens is 4. The second kappa shape index (κ2) is 3.38. The molecular formula is C10H5ClF3N. The number of hydrogen-bond acceptors (Lipinski definition) is 1. The van der Waals surface area contributed by atoms with Gasteiger partial charge in [-0.05, 0) is 24.3 Å². The van der Waals surface area contributed by atoms with Gasteiger partial charge in [-0.2, -0.15) is 13.2 Å². The number of rotatable bonds is 0. The van der Waals surface area contributed by atoms with Gasteiger partial charge in [0.05, 0.1) is 11.1 Å². The zero-order valence-corrected chi connectivity index (χ0v) is 8.10. The van der Waals surface area contributed by atoms with Gasteiger partial charge in [-0.1, -0.05) is 17.7 Å². The molecule has 0 bridgehead atoms. The Bertz CT molecular complexity index is 507. The van der Waals surface area contributed by atoms with Gasteiger partial charge in [0.25, 0.3) is 0 Å². The van der Waals surface area contributed by atoms with Crippen LogP contribution in [0.1, 0.15) is 5.56 Å². The van der Waals surface area contributed by atoms with E-state index in [2.05, 4.69) is 4.98 Å². The fourth-order valence-corrected chi connectivity index (χ4v) is 1.53. The highest BCUT2D eigenvalue weighted by Gasteiger charge is 2.32. The number of aromatic nitrogens is 1. The maximum Gasteiger partial charge on any atom is 0.417 e. The molecule has 0 saturated carbocycles. The van der Waals surface area contributed by atoms with Crippen LogP contribution in [-0.2, 0) is 6.18 Å². The van der Waals surface area contributed by atoms with E-state index in [0.29, 0.717) is 0 Å². The van der Waals surface area contributed by atoms with Crippen LogP contribution in [0.4, 0.5) is 13.2 Å². The molecule has 1 heterocycles. The Morgan fingerprint density at radius 2 is 1.80 bits per heavy atom. The SMILES string of the molecule is FC(F)(F)c1cccc2nc(Cl)ccc12. The summed E-state index contributed by atoms with van der Waals surface area (Å²) in [6.07, 6.45) is -4.37. The molecule has 0 atom stereocenters. The number of benzene rings is 1. The van der Waals surface area contributed by atoms with Crippen molar-refractivity contribution in [3.8, 4) is 0 Å². The summed E-state index contributed by atoms with van der Waals surface area (Å²) in [5.74, 6) is 0. The summed E-state index contributed by atoms with van der Waals surface area (Å²) in [6.45, 7) is 0. The van der Waals surface area contributed by atoms with Crippen LogP contribution >= 0.6 is 11.6 Å². The van der Waals surface area contributed by atoms with Crippen LogP contribution in [0.2, 0.25) is 5.15 Å². The van der Waals surface area contributed by atoms with Gasteiger partial charge in [0.15, 0.2) is 0 Å². The molecule has 78 valence electrons. The van der Waals surface area contributed by atoms with Crippen molar-refractivity contribution in [1.29, 1.82) is 0 Å². The minimum atomic E-state index is -4.37. The van der Waals surface area contributed by atoms with E-state index in [1.165, 1.54) is 24.3 Å². The van der Waals surface area contributed by atoms with E-state index in [1.54, 1.807) is 0 Å². The Morgan fingerprint density at radius 3 is 2.47 bits per heavy atom. The monoisotopic (exact) mass is 231 g/mol. The Hall–Kier alpha value is -1.29. The maximum atomic E-state index is 12.6. The van der Waals surface area contributed by atoms with E-state index in [4.69, 9.17) is 11.6 Å². The number of pyridine rings is 1. The highest BCUT2D eigenvalue weighted by Crippen LogP contribution is 2.34. The molecule has 0 fully saturated rings. The second-order valence-corrected chi connectivity index (χ2v) is 3.39. The average molecular weight is 232 g/mol. The smallest absolute Gasteiger partial charge is 0.236 e. The van der Waals surface area contributed by atoms with Gasteiger partial charge in [-0.15, -0.1) is 0 Å². The van der Waals surface area contributed by atoms with Crippen molar-refractivity contribution < 1.29 is 13.2 Å². The predicted octanol–water partition coefficient (Wildman–Crippen LogP) is 3.91. The number of alkyl halides is 3. The van der Waals surface area contributed by atoms with Crippen LogP contribution in [-0.4, -0.2) is 4.98 Å². The van der Waals surface area contributed by atoms with Crippen LogP contribution in [0, 0.1) is 0 Å². The van der Waals surface area contributed by atoms with Gasteiger partial charge < -0.3 is 0 Å². The van der Waals surface area contributed by atoms with Crippen molar-refractivity contribution in [2.45, 2.75) is 6.18 Å². The van der Waals surface area contributed by atoms with E-state index in [1.807, 2.05) is 0 Å². The first-order valence-corrected chi connectivity index (χ1v) is 4.49. The molecule has 0 N–H and O–H groups in total. The molecule has 1 aromatic carbocycles. The minimum absolute atomic E-state index is 0.0643. The molecule has 1 nitrogen and oxygen atoms in total. The zero-order valence-electron chi connectivity index (χ0n) is 7.35. The zero-order chi connectivity index (χ0) is 11.1. The molecule has 1 aromatic heterocycles. The molecular weight excluding hydrogens is 227 g/mol. The second-order valence-electron chi connectivity index (χ2n) is 3.00. The molecule has 2 rings (SSSR count). The van der Waals surface area contributed by atoms with Gasteiger partial charge >= 0.3 is 6.18 Å². The third-order valence-corrected chi connectivity index (χ3v) is 2.21. The molecule has 0 amide bonds. The molecule has 15 heavy (non-hydrogen) atoms. The van der Waals surface area contributed by atoms with Gasteiger partial charge in [-0.25, -0.2) is 4.98 Å². The molecule has 0 aliphatic heterocycles. The largest absolute Gasteiger partial charge is 0.417 e. The van der Waals surface area contributed by atoms with Gasteiger partial charge in [0.1, 0.15) is 5.15 Å². The lowest BCUT2D eigenvalue weighted by atomic mass is 10.1. The summed E-state index contributed by atoms with van der Waals surface area (Å²) < 4.78 is 37.7. The fraction of sp³-hybridized carbons (Fsp3) is 0.100. The van der Waals surface area contributed by atoms with E-state index in [9.17, 15) is 13.2 Å². The molecule has 0 unspecified atom stereocenters. The summed E-state index contributed by atoms with van der Waals surface area (Å²) in [4.78, 5) is 3.82. The first-order valence-electron chi connectivity index (χ1n) is 4.11. The molecule has 5 heteroatoms. The van der Waals surface area contributed by atoms with Crippen molar-refractivity contribution >= 4 is 22.5 Å². The van der Waals surface area contributed by atoms with Crippen LogP contribution < -0.4 is 0 Å². The standard InChI is InChI=1S/C10H5ClF3N/c11-9-5-4-6-7(10(12,13)14)2-1-3-8(6)15-9/h1-5H. The Labute approximate surface area is 88.5 Å². The van der Waals surface area contributed by atoms with E-state index in [0.717, 1.165) is 6.07 Å². The van der Waals surface area contributed by atoms with Gasteiger partial charge in [0, 0.05) is 5.39 Å². The van der Waals surface area contributed by atoms with Crippen molar-refractivity contribution in [2.75, 3.05) is 0 Å². The lowest BCUT2D eigenvalue weighted by Gasteiger charge is -2.09. The highest BCUT2D eigenvalue weighted by atomic mass is 35.5. The average Bonchev–Trinajstić information content (AvgIpc) is 2.15. The number of nitrogens with zero attached hydrogens (tertiary/aromatic N) is 1. The lowest BCUT2D eigenvalue weighted by Crippen LogP contribution is -2.05. The Kier molecular flexibility index (Phi) is 2.31. The molecule has 0 saturated heterocycles. The molecule has 0 spiro atoms. The summed E-state index contributed by atoms with van der Waals surface area (Å²) >= 11 is 5.59. The molecule has 0 aliphatic rings. The van der Waals surface area contributed by atoms with Crippen molar-refractivity contribution in [3.05, 3.63) is 41.0 Å². The summed E-state index contributed by atoms with van der Waals surface area (Å²) in [6, 6.07) is 6.51. The van der Waals surface area contributed by atoms with Crippen molar-refractivity contribution in [2.24, 2.45) is 0 Å². The van der Waals surface area contributed by atoms with Crippen LogP contribution in [0.25, 0.3) is 10.9 Å². The van der Waals surface area contributed by atoms with E-state index >= 15 is 0 Å². The summed E-state index contributed by atoms with van der Waals surface area (Å²) in [5, 5.41) is 0.247. The van der Waals surface area contributed by atoms with Crippen LogP contribution in [0.5, 0.6) is 0 Å². The first-order chi connectivity index (χ1) is 6.98. The first kappa shape index (κ1) is 10.2. The van der Waals surface area contributed by atoms with Gasteiger partial charge in [-0.3, -0.25) is 0 Å². The summed E-state index contributed by atoms with van der Waals surface area (Å²) in [5.41, 5.74) is -0.443. The topological polar surface area (TPSA) is 12.9 Å². The summed E-state index contributed by atoms with van der Waals surface area (Å²) in [7, 11) is 0. The van der Waals surface area contributed by atoms with Crippen LogP contribution in [0.15, 0.2) is 30.3 Å². The Morgan fingerprint density at radius 1 is 1.07 bits per heavy atom. The molecule has 0 radical (unpaired) electrons. The quantitative estimate of drug-likeness (QED) is 0.627. The Balaban J connectivity index is 2.77. The minimum Gasteiger partial charge on any atom is -0.236 e. The molecule has 2 aromatic rings. The van der Waals surface area contributed by atoms with E-state index < -0.39 is 11.7 Å². The van der Waals surface area contributed by atoms with Crippen molar-refractivity contribution in [3.63, 3.8) is 0 Å². The lowest BCUT2D eigenvalue weighted by molar-refractivity contribution is -0.136. The normalized spacial score (nSPS) is 12.0. The van der Waals surface area contributed by atoms with Gasteiger partial charge in [0.2, 0.25) is 0 Å². The third kappa shape index (κ3) is 1.90. The maximum absolute atomic E-state index is 12.6. The number of hydrogen-bond donors (Lipinski definition) is 0. The van der Waals surface area contributed by atoms with Crippen molar-refractivity contribution in [1.82, 2.24) is 4.98 Å². The predicted molar refractivity (Wildman–Crippen MR) is 51.8 cm³/mol. The highest BCUT2D eigenvalue weighted by molar-refractivity contribution is 6.29.